The molecule has 3 heterocycles. The van der Waals surface area contributed by atoms with E-state index in [1.54, 1.807) is 0 Å². The second kappa shape index (κ2) is 6.71. The van der Waals surface area contributed by atoms with Crippen molar-refractivity contribution < 1.29 is 4.79 Å². The summed E-state index contributed by atoms with van der Waals surface area (Å²) in [7, 11) is 0. The van der Waals surface area contributed by atoms with Gasteiger partial charge in [0.1, 0.15) is 11.6 Å². The van der Waals surface area contributed by atoms with Gasteiger partial charge in [0.15, 0.2) is 0 Å². The number of carbonyl (C=O) groups is 1. The lowest BCUT2D eigenvalue weighted by Gasteiger charge is -2.25. The normalized spacial score (nSPS) is 16.2. The van der Waals surface area contributed by atoms with Crippen molar-refractivity contribution in [3.63, 3.8) is 0 Å². The van der Waals surface area contributed by atoms with E-state index in [-0.39, 0.29) is 11.9 Å². The highest BCUT2D eigenvalue weighted by atomic mass is 16.1. The first-order valence-corrected chi connectivity index (χ1v) is 8.84. The summed E-state index contributed by atoms with van der Waals surface area (Å²) in [6.07, 6.45) is 1.70. The van der Waals surface area contributed by atoms with Gasteiger partial charge < -0.3 is 9.88 Å². The lowest BCUT2D eigenvalue weighted by atomic mass is 10.1. The Labute approximate surface area is 152 Å². The van der Waals surface area contributed by atoms with Crippen molar-refractivity contribution >= 4 is 5.91 Å². The molecule has 0 spiro atoms. The van der Waals surface area contributed by atoms with Crippen LogP contribution in [-0.2, 0) is 13.0 Å². The number of benzene rings is 1. The monoisotopic (exact) mass is 347 g/mol. The SMILES string of the molecule is Cc1nc(-c2ccccc2)ccc1C(=O)N[C@H]1CCc2nnc(C)n2C1. The average molecular weight is 347 g/mol. The van der Waals surface area contributed by atoms with Crippen LogP contribution in [0.25, 0.3) is 11.3 Å². The summed E-state index contributed by atoms with van der Waals surface area (Å²) in [6, 6.07) is 13.8. The van der Waals surface area contributed by atoms with Crippen LogP contribution >= 0.6 is 0 Å². The van der Waals surface area contributed by atoms with Gasteiger partial charge in [-0.05, 0) is 32.4 Å². The molecule has 0 aliphatic carbocycles. The van der Waals surface area contributed by atoms with Crippen LogP contribution in [0.1, 0.15) is 34.1 Å². The minimum absolute atomic E-state index is 0.0752. The van der Waals surface area contributed by atoms with E-state index in [2.05, 4.69) is 25.1 Å². The zero-order chi connectivity index (χ0) is 18.1. The number of nitrogens with one attached hydrogen (secondary N) is 1. The van der Waals surface area contributed by atoms with Crippen LogP contribution in [-0.4, -0.2) is 31.7 Å². The van der Waals surface area contributed by atoms with E-state index in [1.165, 1.54) is 0 Å². The summed E-state index contributed by atoms with van der Waals surface area (Å²) < 4.78 is 2.08. The molecule has 0 radical (unpaired) electrons. The van der Waals surface area contributed by atoms with Crippen LogP contribution in [0.2, 0.25) is 0 Å². The molecule has 1 N–H and O–H groups in total. The van der Waals surface area contributed by atoms with Gasteiger partial charge in [0, 0.05) is 24.6 Å². The van der Waals surface area contributed by atoms with Gasteiger partial charge in [-0.2, -0.15) is 0 Å². The van der Waals surface area contributed by atoms with Crippen LogP contribution in [0.5, 0.6) is 0 Å². The summed E-state index contributed by atoms with van der Waals surface area (Å²) in [4.78, 5) is 17.3. The highest BCUT2D eigenvalue weighted by molar-refractivity contribution is 5.95. The third kappa shape index (κ3) is 3.10. The number of amides is 1. The topological polar surface area (TPSA) is 72.7 Å². The lowest BCUT2D eigenvalue weighted by Crippen LogP contribution is -2.41. The number of pyridine rings is 1. The molecule has 6 heteroatoms. The Balaban J connectivity index is 1.49. The van der Waals surface area contributed by atoms with E-state index in [4.69, 9.17) is 0 Å². The fourth-order valence-corrected chi connectivity index (χ4v) is 3.41. The maximum atomic E-state index is 12.7. The summed E-state index contributed by atoms with van der Waals surface area (Å²) in [5.41, 5.74) is 3.28. The number of carbonyl (C=O) groups excluding carboxylic acids is 1. The zero-order valence-electron chi connectivity index (χ0n) is 14.9. The fraction of sp³-hybridized carbons (Fsp3) is 0.300. The third-order valence-corrected chi connectivity index (χ3v) is 4.87. The van der Waals surface area contributed by atoms with E-state index in [9.17, 15) is 4.79 Å². The molecule has 1 atom stereocenters. The quantitative estimate of drug-likeness (QED) is 0.791. The molecule has 1 aromatic carbocycles. The molecule has 0 bridgehead atoms. The number of hydrogen-bond acceptors (Lipinski definition) is 4. The molecule has 4 rings (SSSR count). The molecule has 0 unspecified atom stereocenters. The van der Waals surface area contributed by atoms with Crippen molar-refractivity contribution in [2.75, 3.05) is 0 Å². The molecular weight excluding hydrogens is 326 g/mol. The highest BCUT2D eigenvalue weighted by Gasteiger charge is 2.23. The Hall–Kier alpha value is -3.02. The third-order valence-electron chi connectivity index (χ3n) is 4.87. The minimum atomic E-state index is -0.0752. The van der Waals surface area contributed by atoms with Crippen LogP contribution in [0.4, 0.5) is 0 Å². The van der Waals surface area contributed by atoms with E-state index in [1.807, 2.05) is 56.3 Å². The molecule has 2 aromatic heterocycles. The smallest absolute Gasteiger partial charge is 0.253 e. The molecule has 1 amide bonds. The zero-order valence-corrected chi connectivity index (χ0v) is 14.9. The molecule has 26 heavy (non-hydrogen) atoms. The van der Waals surface area contributed by atoms with Crippen molar-refractivity contribution in [2.24, 2.45) is 0 Å². The maximum Gasteiger partial charge on any atom is 0.253 e. The molecule has 6 nitrogen and oxygen atoms in total. The second-order valence-electron chi connectivity index (χ2n) is 6.68. The number of fused-ring (bicyclic) bond motifs is 1. The summed E-state index contributed by atoms with van der Waals surface area (Å²) in [5, 5.41) is 11.4. The van der Waals surface area contributed by atoms with Gasteiger partial charge in [-0.25, -0.2) is 0 Å². The molecule has 0 fully saturated rings. The van der Waals surface area contributed by atoms with Crippen molar-refractivity contribution in [1.82, 2.24) is 25.1 Å². The van der Waals surface area contributed by atoms with Gasteiger partial charge in [-0.1, -0.05) is 30.3 Å². The second-order valence-corrected chi connectivity index (χ2v) is 6.68. The molecule has 1 aliphatic heterocycles. The number of aromatic nitrogens is 4. The Morgan fingerprint density at radius 2 is 1.92 bits per heavy atom. The average Bonchev–Trinajstić information content (AvgIpc) is 3.03. The van der Waals surface area contributed by atoms with Crippen molar-refractivity contribution in [1.29, 1.82) is 0 Å². The van der Waals surface area contributed by atoms with Gasteiger partial charge in [0.2, 0.25) is 0 Å². The van der Waals surface area contributed by atoms with Gasteiger partial charge in [-0.15, -0.1) is 10.2 Å². The molecule has 1 aliphatic rings. The molecule has 3 aromatic rings. The Bertz CT molecular complexity index is 948. The summed E-state index contributed by atoms with van der Waals surface area (Å²) in [6.45, 7) is 4.54. The minimum Gasteiger partial charge on any atom is -0.347 e. The van der Waals surface area contributed by atoms with Crippen LogP contribution in [0.3, 0.4) is 0 Å². The highest BCUT2D eigenvalue weighted by Crippen LogP contribution is 2.19. The van der Waals surface area contributed by atoms with Gasteiger partial charge in [0.05, 0.1) is 17.0 Å². The van der Waals surface area contributed by atoms with Gasteiger partial charge in [0.25, 0.3) is 5.91 Å². The van der Waals surface area contributed by atoms with E-state index in [0.717, 1.165) is 41.4 Å². The molecular formula is C20H21N5O. The first-order valence-electron chi connectivity index (χ1n) is 8.84. The van der Waals surface area contributed by atoms with E-state index < -0.39 is 0 Å². The molecule has 0 saturated carbocycles. The molecule has 132 valence electrons. The summed E-state index contributed by atoms with van der Waals surface area (Å²) in [5.74, 6) is 1.82. The van der Waals surface area contributed by atoms with E-state index >= 15 is 0 Å². The number of nitrogens with zero attached hydrogens (tertiary/aromatic N) is 4. The standard InChI is InChI=1S/C20H21N5O/c1-13-17(9-10-18(21-13)15-6-4-3-5-7-15)20(26)22-16-8-11-19-24-23-14(2)25(19)12-16/h3-7,9-10,16H,8,11-12H2,1-2H3,(H,22,26)/t16-/m0/s1. The fourth-order valence-electron chi connectivity index (χ4n) is 3.41. The first-order chi connectivity index (χ1) is 12.6. The Kier molecular flexibility index (Phi) is 4.24. The van der Waals surface area contributed by atoms with Crippen LogP contribution in [0.15, 0.2) is 42.5 Å². The summed E-state index contributed by atoms with van der Waals surface area (Å²) >= 11 is 0. The number of aryl methyl sites for hydroxylation is 3. The van der Waals surface area contributed by atoms with E-state index in [0.29, 0.717) is 12.1 Å². The first kappa shape index (κ1) is 16.4. The predicted molar refractivity (Wildman–Crippen MR) is 98.7 cm³/mol. The van der Waals surface area contributed by atoms with Crippen molar-refractivity contribution in [3.8, 4) is 11.3 Å². The van der Waals surface area contributed by atoms with Crippen LogP contribution in [0, 0.1) is 13.8 Å². The van der Waals surface area contributed by atoms with Crippen molar-refractivity contribution in [2.45, 2.75) is 39.3 Å². The molecule has 0 saturated heterocycles. The predicted octanol–water partition coefficient (Wildman–Crippen LogP) is 2.70. The number of rotatable bonds is 3. The Morgan fingerprint density at radius 1 is 1.12 bits per heavy atom. The van der Waals surface area contributed by atoms with Gasteiger partial charge in [-0.3, -0.25) is 9.78 Å². The van der Waals surface area contributed by atoms with Gasteiger partial charge >= 0.3 is 0 Å². The lowest BCUT2D eigenvalue weighted by molar-refractivity contribution is 0.0926. The maximum absolute atomic E-state index is 12.7. The van der Waals surface area contributed by atoms with Crippen molar-refractivity contribution in [3.05, 3.63) is 65.4 Å². The largest absolute Gasteiger partial charge is 0.347 e. The number of hydrogen-bond donors (Lipinski definition) is 1. The Morgan fingerprint density at radius 3 is 2.69 bits per heavy atom. The van der Waals surface area contributed by atoms with Crippen LogP contribution < -0.4 is 5.32 Å².